The van der Waals surface area contributed by atoms with Gasteiger partial charge in [0.05, 0.1) is 33.9 Å². The molecule has 1 aliphatic rings. The van der Waals surface area contributed by atoms with E-state index in [0.29, 0.717) is 26.2 Å². The number of hydrogen-bond donors (Lipinski definition) is 0. The van der Waals surface area contributed by atoms with Gasteiger partial charge in [0, 0.05) is 12.1 Å². The predicted molar refractivity (Wildman–Crippen MR) is 125 cm³/mol. The Bertz CT molecular complexity index is 1460. The van der Waals surface area contributed by atoms with E-state index in [4.69, 9.17) is 4.74 Å². The lowest BCUT2D eigenvalue weighted by Crippen LogP contribution is -2.38. The summed E-state index contributed by atoms with van der Waals surface area (Å²) in [7, 11) is 1.29. The van der Waals surface area contributed by atoms with Gasteiger partial charge < -0.3 is 4.74 Å². The number of aromatic nitrogens is 1. The zero-order valence-electron chi connectivity index (χ0n) is 17.8. The first kappa shape index (κ1) is 22.1. The molecule has 0 saturated heterocycles. The van der Waals surface area contributed by atoms with Crippen LogP contribution in [-0.4, -0.2) is 22.6 Å². The summed E-state index contributed by atoms with van der Waals surface area (Å²) in [6.07, 6.45) is 5.29. The fraction of sp³-hybridized carbons (Fsp3) is 0.125. The van der Waals surface area contributed by atoms with Gasteiger partial charge in [-0.2, -0.15) is 0 Å². The molecule has 0 radical (unpaired) electrons. The standard InChI is InChI=1S/C24H19N3O5S/c1-15-21(23(29)32-2)19(13-10-16-6-4-3-5-7-16)26-22(28)20(33-24(26)25-15)14-17-8-11-18(12-9-17)27(30)31/h3-14,19H,1-2H3/b13-10+,20-14-/t19-/m1/s1. The number of rotatable bonds is 5. The van der Waals surface area contributed by atoms with E-state index in [1.165, 1.54) is 35.1 Å². The Morgan fingerprint density at radius 2 is 1.85 bits per heavy atom. The first-order valence-corrected chi connectivity index (χ1v) is 10.8. The number of thiazole rings is 1. The Labute approximate surface area is 192 Å². The van der Waals surface area contributed by atoms with E-state index in [2.05, 4.69) is 4.99 Å². The van der Waals surface area contributed by atoms with Crippen molar-refractivity contribution in [1.29, 1.82) is 0 Å². The number of non-ortho nitro benzene ring substituents is 1. The van der Waals surface area contributed by atoms with Crippen LogP contribution >= 0.6 is 11.3 Å². The molecule has 0 unspecified atom stereocenters. The minimum atomic E-state index is -0.687. The summed E-state index contributed by atoms with van der Waals surface area (Å²) >= 11 is 1.19. The van der Waals surface area contributed by atoms with Crippen molar-refractivity contribution in [3.05, 3.63) is 113 Å². The van der Waals surface area contributed by atoms with Crippen molar-refractivity contribution < 1.29 is 14.5 Å². The summed E-state index contributed by atoms with van der Waals surface area (Å²) in [5.74, 6) is -0.552. The number of allylic oxidation sites excluding steroid dienone is 2. The summed E-state index contributed by atoms with van der Waals surface area (Å²) < 4.78 is 6.84. The third-order valence-electron chi connectivity index (χ3n) is 5.14. The molecule has 2 aromatic carbocycles. The molecule has 3 aromatic rings. The van der Waals surface area contributed by atoms with E-state index in [1.54, 1.807) is 31.2 Å². The lowest BCUT2D eigenvalue weighted by Gasteiger charge is -2.21. The quantitative estimate of drug-likeness (QED) is 0.330. The van der Waals surface area contributed by atoms with Gasteiger partial charge in [-0.1, -0.05) is 53.8 Å². The van der Waals surface area contributed by atoms with Gasteiger partial charge in [-0.25, -0.2) is 9.79 Å². The van der Waals surface area contributed by atoms with Gasteiger partial charge in [0.2, 0.25) is 0 Å². The van der Waals surface area contributed by atoms with Crippen LogP contribution in [0.25, 0.3) is 12.2 Å². The van der Waals surface area contributed by atoms with Gasteiger partial charge in [0.1, 0.15) is 0 Å². The molecule has 0 spiro atoms. The van der Waals surface area contributed by atoms with Crippen molar-refractivity contribution in [2.24, 2.45) is 4.99 Å². The number of carbonyl (C=O) groups is 1. The molecule has 4 rings (SSSR count). The number of nitrogens with zero attached hydrogens (tertiary/aromatic N) is 3. The van der Waals surface area contributed by atoms with Crippen LogP contribution in [0.3, 0.4) is 0 Å². The fourth-order valence-electron chi connectivity index (χ4n) is 3.53. The maximum absolute atomic E-state index is 13.3. The van der Waals surface area contributed by atoms with Crippen molar-refractivity contribution in [1.82, 2.24) is 4.57 Å². The summed E-state index contributed by atoms with van der Waals surface area (Å²) in [5.41, 5.74) is 1.99. The number of carbonyl (C=O) groups excluding carboxylic acids is 1. The van der Waals surface area contributed by atoms with Crippen LogP contribution in [-0.2, 0) is 9.53 Å². The maximum Gasteiger partial charge on any atom is 0.338 e. The summed E-state index contributed by atoms with van der Waals surface area (Å²) in [5, 5.41) is 10.9. The number of hydrogen-bond acceptors (Lipinski definition) is 7. The number of nitro groups is 1. The van der Waals surface area contributed by atoms with Gasteiger partial charge >= 0.3 is 5.97 Å². The molecule has 0 bridgehead atoms. The number of ether oxygens (including phenoxy) is 1. The second-order valence-electron chi connectivity index (χ2n) is 7.23. The molecule has 0 amide bonds. The van der Waals surface area contributed by atoms with Gasteiger partial charge in [-0.3, -0.25) is 19.5 Å². The number of methoxy groups -OCH3 is 1. The largest absolute Gasteiger partial charge is 0.466 e. The molecule has 0 N–H and O–H groups in total. The molecule has 8 nitrogen and oxygen atoms in total. The van der Waals surface area contributed by atoms with Crippen molar-refractivity contribution in [2.75, 3.05) is 7.11 Å². The first-order chi connectivity index (χ1) is 15.9. The van der Waals surface area contributed by atoms with Crippen molar-refractivity contribution in [2.45, 2.75) is 13.0 Å². The number of nitro benzene ring substituents is 1. The average molecular weight is 461 g/mol. The predicted octanol–water partition coefficient (Wildman–Crippen LogP) is 2.98. The van der Waals surface area contributed by atoms with E-state index in [9.17, 15) is 19.7 Å². The van der Waals surface area contributed by atoms with Crippen LogP contribution in [0.4, 0.5) is 5.69 Å². The molecule has 1 aliphatic heterocycles. The normalized spacial score (nSPS) is 15.9. The molecule has 1 aromatic heterocycles. The second-order valence-corrected chi connectivity index (χ2v) is 8.24. The number of fused-ring (bicyclic) bond motifs is 1. The Morgan fingerprint density at radius 1 is 1.15 bits per heavy atom. The Morgan fingerprint density at radius 3 is 2.48 bits per heavy atom. The van der Waals surface area contributed by atoms with E-state index in [-0.39, 0.29) is 11.2 Å². The highest BCUT2D eigenvalue weighted by molar-refractivity contribution is 7.07. The van der Waals surface area contributed by atoms with E-state index in [1.807, 2.05) is 36.4 Å². The summed E-state index contributed by atoms with van der Waals surface area (Å²) in [6, 6.07) is 14.8. The zero-order chi connectivity index (χ0) is 23.5. The van der Waals surface area contributed by atoms with Crippen LogP contribution in [0.1, 0.15) is 24.1 Å². The minimum Gasteiger partial charge on any atom is -0.466 e. The molecule has 166 valence electrons. The van der Waals surface area contributed by atoms with Crippen LogP contribution in [0.5, 0.6) is 0 Å². The van der Waals surface area contributed by atoms with Gasteiger partial charge in [0.25, 0.3) is 11.2 Å². The third-order valence-corrected chi connectivity index (χ3v) is 6.12. The van der Waals surface area contributed by atoms with E-state index >= 15 is 0 Å². The minimum absolute atomic E-state index is 0.0296. The maximum atomic E-state index is 13.3. The van der Waals surface area contributed by atoms with Gasteiger partial charge in [-0.15, -0.1) is 0 Å². The van der Waals surface area contributed by atoms with Crippen LogP contribution in [0, 0.1) is 10.1 Å². The molecular weight excluding hydrogens is 442 g/mol. The SMILES string of the molecule is COC(=O)C1=C(C)N=c2s/c(=C\c3ccc([N+](=O)[O-])cc3)c(=O)n2[C@@H]1/C=C/c1ccccc1. The molecule has 9 heteroatoms. The number of esters is 1. The van der Waals surface area contributed by atoms with Crippen LogP contribution < -0.4 is 14.9 Å². The highest BCUT2D eigenvalue weighted by Crippen LogP contribution is 2.26. The highest BCUT2D eigenvalue weighted by Gasteiger charge is 2.30. The average Bonchev–Trinajstić information content (AvgIpc) is 3.12. The summed E-state index contributed by atoms with van der Waals surface area (Å²) in [4.78, 5) is 41.2. The lowest BCUT2D eigenvalue weighted by molar-refractivity contribution is -0.384. The molecule has 2 heterocycles. The molecule has 33 heavy (non-hydrogen) atoms. The number of benzene rings is 2. The Balaban J connectivity index is 1.84. The topological polar surface area (TPSA) is 104 Å². The Hall–Kier alpha value is -4.11. The Kier molecular flexibility index (Phi) is 6.14. The van der Waals surface area contributed by atoms with Crippen molar-refractivity contribution in [3.8, 4) is 0 Å². The lowest BCUT2D eigenvalue weighted by atomic mass is 10.0. The molecule has 1 atom stereocenters. The van der Waals surface area contributed by atoms with Crippen molar-refractivity contribution >= 4 is 35.1 Å². The van der Waals surface area contributed by atoms with Gasteiger partial charge in [-0.05, 0) is 36.3 Å². The van der Waals surface area contributed by atoms with E-state index < -0.39 is 16.9 Å². The van der Waals surface area contributed by atoms with Crippen LogP contribution in [0.2, 0.25) is 0 Å². The zero-order valence-corrected chi connectivity index (χ0v) is 18.6. The summed E-state index contributed by atoms with van der Waals surface area (Å²) in [6.45, 7) is 1.71. The van der Waals surface area contributed by atoms with Gasteiger partial charge in [0.15, 0.2) is 4.80 Å². The monoisotopic (exact) mass is 461 g/mol. The highest BCUT2D eigenvalue weighted by atomic mass is 32.1. The first-order valence-electron chi connectivity index (χ1n) is 9.97. The van der Waals surface area contributed by atoms with E-state index in [0.717, 1.165) is 5.56 Å². The molecule has 0 aliphatic carbocycles. The molecule has 0 saturated carbocycles. The molecular formula is C24H19N3O5S. The third kappa shape index (κ3) is 4.44. The smallest absolute Gasteiger partial charge is 0.338 e. The molecule has 0 fully saturated rings. The second kappa shape index (κ2) is 9.17. The van der Waals surface area contributed by atoms with Crippen molar-refractivity contribution in [3.63, 3.8) is 0 Å². The fourth-order valence-corrected chi connectivity index (χ4v) is 4.58. The van der Waals surface area contributed by atoms with Crippen LogP contribution in [0.15, 0.2) is 81.7 Å².